The molecule has 1 atom stereocenters. The molecule has 1 aromatic carbocycles. The fourth-order valence-electron chi connectivity index (χ4n) is 1.39. The predicted octanol–water partition coefficient (Wildman–Crippen LogP) is 1.37. The van der Waals surface area contributed by atoms with Gasteiger partial charge in [0.15, 0.2) is 0 Å². The van der Waals surface area contributed by atoms with Crippen LogP contribution in [0.4, 0.5) is 14.5 Å². The van der Waals surface area contributed by atoms with Crippen molar-refractivity contribution in [3.05, 3.63) is 39.4 Å². The molecule has 104 valence electrons. The van der Waals surface area contributed by atoms with Gasteiger partial charge in [0.05, 0.1) is 29.2 Å². The molecule has 0 fully saturated rings. The second-order valence-electron chi connectivity index (χ2n) is 3.80. The van der Waals surface area contributed by atoms with Gasteiger partial charge in [0.1, 0.15) is 5.82 Å². The van der Waals surface area contributed by atoms with Crippen LogP contribution >= 0.6 is 0 Å². The maximum atomic E-state index is 13.5. The zero-order valence-corrected chi connectivity index (χ0v) is 10.0. The minimum Gasteiger partial charge on any atom is -0.394 e. The molecule has 1 aromatic rings. The summed E-state index contributed by atoms with van der Waals surface area (Å²) in [6.45, 7) is 1.34. The van der Waals surface area contributed by atoms with Gasteiger partial charge in [-0.2, -0.15) is 4.39 Å². The van der Waals surface area contributed by atoms with Crippen LogP contribution in [0, 0.1) is 21.7 Å². The molecule has 0 saturated carbocycles. The van der Waals surface area contributed by atoms with E-state index >= 15 is 0 Å². The lowest BCUT2D eigenvalue weighted by atomic mass is 10.1. The third-order valence-electron chi connectivity index (χ3n) is 2.53. The molecule has 0 aliphatic rings. The Morgan fingerprint density at radius 3 is 2.58 bits per heavy atom. The molecule has 1 amide bonds. The largest absolute Gasteiger partial charge is 0.394 e. The van der Waals surface area contributed by atoms with Crippen molar-refractivity contribution in [3.8, 4) is 0 Å². The van der Waals surface area contributed by atoms with E-state index in [1.807, 2.05) is 0 Å². The third-order valence-corrected chi connectivity index (χ3v) is 2.53. The van der Waals surface area contributed by atoms with Gasteiger partial charge in [-0.3, -0.25) is 14.9 Å². The maximum Gasteiger partial charge on any atom is 0.307 e. The van der Waals surface area contributed by atoms with E-state index in [-0.39, 0.29) is 6.61 Å². The Hall–Kier alpha value is -2.09. The SMILES string of the molecule is CCC(CO)NC(=O)c1cc(F)c([N+](=O)[O-])cc1F. The van der Waals surface area contributed by atoms with E-state index in [1.54, 1.807) is 6.92 Å². The van der Waals surface area contributed by atoms with Crippen LogP contribution in [-0.2, 0) is 0 Å². The highest BCUT2D eigenvalue weighted by molar-refractivity contribution is 5.95. The lowest BCUT2D eigenvalue weighted by Crippen LogP contribution is -2.37. The predicted molar refractivity (Wildman–Crippen MR) is 61.6 cm³/mol. The zero-order chi connectivity index (χ0) is 14.6. The number of nitro benzene ring substituents is 1. The van der Waals surface area contributed by atoms with Crippen LogP contribution in [0.1, 0.15) is 23.7 Å². The molecule has 0 aliphatic carbocycles. The first-order valence-electron chi connectivity index (χ1n) is 5.45. The van der Waals surface area contributed by atoms with Crippen molar-refractivity contribution in [3.63, 3.8) is 0 Å². The molecule has 0 heterocycles. The molecule has 8 heteroatoms. The average Bonchev–Trinajstić information content (AvgIpc) is 2.37. The summed E-state index contributed by atoms with van der Waals surface area (Å²) < 4.78 is 26.8. The number of nitrogens with zero attached hydrogens (tertiary/aromatic N) is 1. The number of hydrogen-bond donors (Lipinski definition) is 2. The molecule has 0 radical (unpaired) electrons. The first-order valence-corrected chi connectivity index (χ1v) is 5.45. The van der Waals surface area contributed by atoms with Gasteiger partial charge < -0.3 is 10.4 Å². The van der Waals surface area contributed by atoms with Gasteiger partial charge in [-0.1, -0.05) is 6.92 Å². The monoisotopic (exact) mass is 274 g/mol. The molecule has 0 aromatic heterocycles. The Morgan fingerprint density at radius 2 is 2.11 bits per heavy atom. The summed E-state index contributed by atoms with van der Waals surface area (Å²) in [6, 6.07) is 0.224. The number of carbonyl (C=O) groups is 1. The van der Waals surface area contributed by atoms with Crippen LogP contribution in [0.5, 0.6) is 0 Å². The summed E-state index contributed by atoms with van der Waals surface area (Å²) in [7, 11) is 0. The Bertz CT molecular complexity index is 504. The highest BCUT2D eigenvalue weighted by Gasteiger charge is 2.22. The van der Waals surface area contributed by atoms with Crippen molar-refractivity contribution in [2.24, 2.45) is 0 Å². The second-order valence-corrected chi connectivity index (χ2v) is 3.80. The van der Waals surface area contributed by atoms with Crippen LogP contribution in [0.25, 0.3) is 0 Å². The number of nitro groups is 1. The van der Waals surface area contributed by atoms with E-state index < -0.39 is 39.8 Å². The Morgan fingerprint density at radius 1 is 1.47 bits per heavy atom. The minimum atomic E-state index is -1.30. The molecule has 2 N–H and O–H groups in total. The normalized spacial score (nSPS) is 12.0. The molecule has 6 nitrogen and oxygen atoms in total. The lowest BCUT2D eigenvalue weighted by molar-refractivity contribution is -0.387. The van der Waals surface area contributed by atoms with Gasteiger partial charge in [-0.05, 0) is 12.5 Å². The number of nitrogens with one attached hydrogen (secondary N) is 1. The fourth-order valence-corrected chi connectivity index (χ4v) is 1.39. The quantitative estimate of drug-likeness (QED) is 0.626. The van der Waals surface area contributed by atoms with Crippen LogP contribution < -0.4 is 5.32 Å². The van der Waals surface area contributed by atoms with Gasteiger partial charge >= 0.3 is 5.69 Å². The third kappa shape index (κ3) is 3.44. The van der Waals surface area contributed by atoms with E-state index in [1.165, 1.54) is 0 Å². The van der Waals surface area contributed by atoms with Gasteiger partial charge in [0.25, 0.3) is 5.91 Å². The number of rotatable bonds is 5. The Balaban J connectivity index is 3.05. The highest BCUT2D eigenvalue weighted by atomic mass is 19.1. The van der Waals surface area contributed by atoms with E-state index in [0.717, 1.165) is 0 Å². The van der Waals surface area contributed by atoms with Crippen LogP contribution in [0.15, 0.2) is 12.1 Å². The molecule has 0 bridgehead atoms. The summed E-state index contributed by atoms with van der Waals surface area (Å²) in [6.07, 6.45) is 0.402. The number of carbonyl (C=O) groups excluding carboxylic acids is 1. The van der Waals surface area contributed by atoms with Gasteiger partial charge in [-0.15, -0.1) is 0 Å². The summed E-state index contributed by atoms with van der Waals surface area (Å²) >= 11 is 0. The van der Waals surface area contributed by atoms with Crippen molar-refractivity contribution in [1.82, 2.24) is 5.32 Å². The molecule has 0 aliphatic heterocycles. The lowest BCUT2D eigenvalue weighted by Gasteiger charge is -2.14. The smallest absolute Gasteiger partial charge is 0.307 e. The van der Waals surface area contributed by atoms with E-state index in [2.05, 4.69) is 5.32 Å². The fraction of sp³-hybridized carbons (Fsp3) is 0.364. The van der Waals surface area contributed by atoms with Gasteiger partial charge in [0.2, 0.25) is 5.82 Å². The Kier molecular flexibility index (Phi) is 4.87. The number of hydrogen-bond acceptors (Lipinski definition) is 4. The van der Waals surface area contributed by atoms with Crippen molar-refractivity contribution in [2.45, 2.75) is 19.4 Å². The molecule has 19 heavy (non-hydrogen) atoms. The number of aliphatic hydroxyl groups is 1. The average molecular weight is 274 g/mol. The minimum absolute atomic E-state index is 0.348. The highest BCUT2D eigenvalue weighted by Crippen LogP contribution is 2.21. The molecule has 0 spiro atoms. The summed E-state index contributed by atoms with van der Waals surface area (Å²) in [4.78, 5) is 20.9. The number of halogens is 2. The van der Waals surface area contributed by atoms with E-state index in [0.29, 0.717) is 18.6 Å². The van der Waals surface area contributed by atoms with Crippen molar-refractivity contribution < 1.29 is 23.6 Å². The summed E-state index contributed by atoms with van der Waals surface area (Å²) in [5.41, 5.74) is -1.68. The van der Waals surface area contributed by atoms with Gasteiger partial charge in [0, 0.05) is 0 Å². The van der Waals surface area contributed by atoms with Crippen LogP contribution in [-0.4, -0.2) is 28.6 Å². The summed E-state index contributed by atoms with van der Waals surface area (Å²) in [5, 5.41) is 21.6. The number of aliphatic hydroxyl groups excluding tert-OH is 1. The standard InChI is InChI=1S/C11H12F2N2O4/c1-2-6(5-16)14-11(17)7-3-9(13)10(15(18)19)4-8(7)12/h3-4,6,16H,2,5H2,1H3,(H,14,17). The van der Waals surface area contributed by atoms with Crippen molar-refractivity contribution >= 4 is 11.6 Å². The van der Waals surface area contributed by atoms with Crippen molar-refractivity contribution in [2.75, 3.05) is 6.61 Å². The number of benzene rings is 1. The molecule has 1 rings (SSSR count). The van der Waals surface area contributed by atoms with Crippen molar-refractivity contribution in [1.29, 1.82) is 0 Å². The molecule has 1 unspecified atom stereocenters. The Labute approximate surface area is 107 Å². The van der Waals surface area contributed by atoms with Crippen LogP contribution in [0.3, 0.4) is 0 Å². The molecular formula is C11H12F2N2O4. The first-order chi connectivity index (χ1) is 8.90. The number of amides is 1. The maximum absolute atomic E-state index is 13.5. The zero-order valence-electron chi connectivity index (χ0n) is 10.0. The topological polar surface area (TPSA) is 92.5 Å². The molecule has 0 saturated heterocycles. The van der Waals surface area contributed by atoms with Gasteiger partial charge in [-0.25, -0.2) is 4.39 Å². The summed E-state index contributed by atoms with van der Waals surface area (Å²) in [5.74, 6) is -3.43. The van der Waals surface area contributed by atoms with E-state index in [9.17, 15) is 23.7 Å². The first kappa shape index (κ1) is 15.0. The van der Waals surface area contributed by atoms with E-state index in [4.69, 9.17) is 5.11 Å². The molecular weight excluding hydrogens is 262 g/mol. The second kappa shape index (κ2) is 6.19. The van der Waals surface area contributed by atoms with Crippen LogP contribution in [0.2, 0.25) is 0 Å².